The Morgan fingerprint density at radius 3 is 2.58 bits per heavy atom. The van der Waals surface area contributed by atoms with Gasteiger partial charge in [-0.1, -0.05) is 69.6 Å². The van der Waals surface area contributed by atoms with Crippen molar-refractivity contribution in [1.82, 2.24) is 19.5 Å². The van der Waals surface area contributed by atoms with Crippen LogP contribution in [0.3, 0.4) is 0 Å². The topological polar surface area (TPSA) is 124 Å². The van der Waals surface area contributed by atoms with E-state index in [0.717, 1.165) is 11.1 Å². The first-order valence-corrected chi connectivity index (χ1v) is 17.1. The van der Waals surface area contributed by atoms with Crippen LogP contribution in [0.2, 0.25) is 0 Å². The minimum atomic E-state index is -3.75. The van der Waals surface area contributed by atoms with E-state index in [1.807, 2.05) is 60.9 Å². The summed E-state index contributed by atoms with van der Waals surface area (Å²) in [5, 5.41) is 0. The van der Waals surface area contributed by atoms with Crippen LogP contribution >= 0.6 is 29.2 Å². The summed E-state index contributed by atoms with van der Waals surface area (Å²) in [4.78, 5) is 12.6. The molecule has 10 nitrogen and oxygen atoms in total. The summed E-state index contributed by atoms with van der Waals surface area (Å²) in [6.07, 6.45) is 1.78. The van der Waals surface area contributed by atoms with Crippen molar-refractivity contribution < 1.29 is 23.1 Å². The molecule has 0 aliphatic carbocycles. The maximum absolute atomic E-state index is 14.2. The molecule has 2 N–H and O–H groups in total. The number of rotatable bonds is 12. The number of hydrogen-bond donors (Lipinski definition) is 1. The van der Waals surface area contributed by atoms with Gasteiger partial charge in [-0.25, -0.2) is 19.5 Å². The number of nitrogen functional groups attached to an aromatic ring is 1. The molecule has 1 aliphatic heterocycles. The predicted octanol–water partition coefficient (Wildman–Crippen LogP) is 5.72. The van der Waals surface area contributed by atoms with E-state index in [-0.39, 0.29) is 18.6 Å². The lowest BCUT2D eigenvalue weighted by Crippen LogP contribution is -2.38. The molecular weight excluding hydrogens is 569 g/mol. The van der Waals surface area contributed by atoms with Gasteiger partial charge in [-0.05, 0) is 31.5 Å². The Morgan fingerprint density at radius 1 is 1.05 bits per heavy atom. The number of hydrogen-bond acceptors (Lipinski definition) is 11. The van der Waals surface area contributed by atoms with E-state index in [4.69, 9.17) is 24.3 Å². The predicted molar refractivity (Wildman–Crippen MR) is 159 cm³/mol. The molecule has 4 aromatic rings. The molecular formula is C27H32N5O5PS2. The lowest BCUT2D eigenvalue weighted by molar-refractivity contribution is -0.0192. The molecule has 1 fully saturated rings. The molecule has 5 rings (SSSR count). The van der Waals surface area contributed by atoms with Gasteiger partial charge in [0, 0.05) is 11.5 Å². The normalized spacial score (nSPS) is 19.8. The minimum absolute atomic E-state index is 0.231. The molecule has 0 saturated carbocycles. The lowest BCUT2D eigenvalue weighted by Gasteiger charge is -2.33. The van der Waals surface area contributed by atoms with E-state index in [1.165, 1.54) is 6.33 Å². The molecule has 40 heavy (non-hydrogen) atoms. The lowest BCUT2D eigenvalue weighted by atomic mass is 10.2. The third-order valence-corrected chi connectivity index (χ3v) is 10.2. The van der Waals surface area contributed by atoms with Crippen LogP contribution in [0.4, 0.5) is 5.82 Å². The molecule has 2 aromatic heterocycles. The third-order valence-electron chi connectivity index (χ3n) is 6.23. The molecule has 4 atom stereocenters. The average Bonchev–Trinajstić information content (AvgIpc) is 3.37. The van der Waals surface area contributed by atoms with Crippen LogP contribution in [0.25, 0.3) is 11.2 Å². The van der Waals surface area contributed by atoms with E-state index >= 15 is 0 Å². The Kier molecular flexibility index (Phi) is 9.67. The second-order valence-electron chi connectivity index (χ2n) is 9.50. The monoisotopic (exact) mass is 601 g/mol. The zero-order valence-corrected chi connectivity index (χ0v) is 24.8. The molecule has 0 amide bonds. The highest BCUT2D eigenvalue weighted by Gasteiger charge is 2.38. The Balaban J connectivity index is 1.28. The van der Waals surface area contributed by atoms with Crippen molar-refractivity contribution in [2.24, 2.45) is 0 Å². The Hall–Kier alpha value is -2.60. The fourth-order valence-corrected chi connectivity index (χ4v) is 8.30. The van der Waals surface area contributed by atoms with E-state index in [9.17, 15) is 4.57 Å². The maximum Gasteiger partial charge on any atom is 0.405 e. The van der Waals surface area contributed by atoms with Crippen molar-refractivity contribution >= 4 is 46.2 Å². The van der Waals surface area contributed by atoms with Gasteiger partial charge in [-0.2, -0.15) is 0 Å². The van der Waals surface area contributed by atoms with Gasteiger partial charge >= 0.3 is 7.60 Å². The summed E-state index contributed by atoms with van der Waals surface area (Å²) in [6, 6.07) is 17.3. The quantitative estimate of drug-likeness (QED) is 0.158. The highest BCUT2D eigenvalue weighted by Crippen LogP contribution is 2.52. The second kappa shape index (κ2) is 13.4. The number of anilines is 1. The molecule has 0 bridgehead atoms. The van der Waals surface area contributed by atoms with Gasteiger partial charge < -0.3 is 24.3 Å². The summed E-state index contributed by atoms with van der Waals surface area (Å²) in [5.74, 6) is 2.10. The first-order chi connectivity index (χ1) is 19.4. The number of aryl methyl sites for hydroxylation is 1. The summed E-state index contributed by atoms with van der Waals surface area (Å²) in [7, 11) is -0.367. The second-order valence-corrected chi connectivity index (χ2v) is 13.9. The summed E-state index contributed by atoms with van der Waals surface area (Å²) < 4.78 is 40.7. The smallest absolute Gasteiger partial charge is 0.405 e. The van der Waals surface area contributed by atoms with Gasteiger partial charge in [-0.3, -0.25) is 4.52 Å². The highest BCUT2D eigenvalue weighted by molar-refractivity contribution is 8.76. The van der Waals surface area contributed by atoms with Crippen LogP contribution in [0.15, 0.2) is 67.3 Å². The van der Waals surface area contributed by atoms with Gasteiger partial charge in [0.05, 0.1) is 31.7 Å². The molecule has 1 saturated heterocycles. The van der Waals surface area contributed by atoms with Gasteiger partial charge in [0.1, 0.15) is 23.7 Å². The van der Waals surface area contributed by atoms with Gasteiger partial charge in [0.25, 0.3) is 0 Å². The van der Waals surface area contributed by atoms with Crippen molar-refractivity contribution in [3.63, 3.8) is 0 Å². The van der Waals surface area contributed by atoms with Crippen LogP contribution in [-0.4, -0.2) is 55.7 Å². The van der Waals surface area contributed by atoms with Crippen LogP contribution in [0.5, 0.6) is 5.75 Å². The van der Waals surface area contributed by atoms with Crippen LogP contribution in [0.1, 0.15) is 18.1 Å². The molecule has 3 heterocycles. The van der Waals surface area contributed by atoms with E-state index < -0.39 is 13.7 Å². The number of benzene rings is 2. The largest absolute Gasteiger partial charge is 0.423 e. The van der Waals surface area contributed by atoms with Crippen LogP contribution < -0.4 is 10.3 Å². The van der Waals surface area contributed by atoms with Crippen LogP contribution in [0, 0.1) is 6.92 Å². The van der Waals surface area contributed by atoms with Crippen LogP contribution in [-0.2, 0) is 31.7 Å². The molecule has 0 radical (unpaired) electrons. The number of imidazole rings is 1. The minimum Gasteiger partial charge on any atom is -0.423 e. The molecule has 212 valence electrons. The standard InChI is InChI=1S/C27H32N5O5PS2/c1-19-8-10-22(11-9-19)36-38(33,18-35-20(2)12-32-17-31-25-26(28)29-16-30-27(25)32)37-24-15-40-39-14-23(24)34-13-21-6-4-3-5-7-21/h3-11,16-17,20,23-24H,12-15,18H2,1-2H3,(H2,28,29,30)/t20-,23+,24+,38?/m1/s1. The first kappa shape index (κ1) is 28.9. The zero-order chi connectivity index (χ0) is 28.0. The van der Waals surface area contributed by atoms with Gasteiger partial charge in [0.15, 0.2) is 17.8 Å². The van der Waals surface area contributed by atoms with E-state index in [2.05, 4.69) is 15.0 Å². The van der Waals surface area contributed by atoms with Crippen molar-refractivity contribution in [1.29, 1.82) is 0 Å². The summed E-state index contributed by atoms with van der Waals surface area (Å²) >= 11 is 0. The number of ether oxygens (including phenoxy) is 2. The molecule has 1 aliphatic rings. The SMILES string of the molecule is Cc1ccc(OP(=O)(CO[C@H](C)Cn2cnc3c(N)ncnc32)O[C@H]2CSSC[C@@H]2OCc2ccccc2)cc1. The van der Waals surface area contributed by atoms with E-state index in [1.54, 1.807) is 40.0 Å². The van der Waals surface area contributed by atoms with Crippen molar-refractivity contribution in [2.75, 3.05) is 23.6 Å². The fourth-order valence-electron chi connectivity index (χ4n) is 4.10. The van der Waals surface area contributed by atoms with E-state index in [0.29, 0.717) is 47.4 Å². The number of nitrogens with zero attached hydrogens (tertiary/aromatic N) is 4. The summed E-state index contributed by atoms with van der Waals surface area (Å²) in [6.45, 7) is 4.72. The molecule has 1 unspecified atom stereocenters. The Morgan fingerprint density at radius 2 is 1.80 bits per heavy atom. The fraction of sp³-hybridized carbons (Fsp3) is 0.370. The Labute approximate surface area is 241 Å². The highest BCUT2D eigenvalue weighted by atomic mass is 33.1. The van der Waals surface area contributed by atoms with Crippen molar-refractivity contribution in [3.8, 4) is 5.75 Å². The van der Waals surface area contributed by atoms with Gasteiger partial charge in [-0.15, -0.1) is 0 Å². The maximum atomic E-state index is 14.2. The third kappa shape index (κ3) is 7.57. The van der Waals surface area contributed by atoms with Crippen molar-refractivity contribution in [2.45, 2.75) is 45.3 Å². The molecule has 0 spiro atoms. The number of aromatic nitrogens is 4. The first-order valence-electron chi connectivity index (χ1n) is 12.8. The average molecular weight is 602 g/mol. The van der Waals surface area contributed by atoms with Crippen molar-refractivity contribution in [3.05, 3.63) is 78.4 Å². The molecule has 2 aromatic carbocycles. The molecule has 13 heteroatoms. The Bertz CT molecular complexity index is 1440. The van der Waals surface area contributed by atoms with Gasteiger partial charge in [0.2, 0.25) is 0 Å². The number of fused-ring (bicyclic) bond motifs is 1. The zero-order valence-electron chi connectivity index (χ0n) is 22.3. The summed E-state index contributed by atoms with van der Waals surface area (Å²) in [5.41, 5.74) is 9.18. The number of nitrogens with two attached hydrogens (primary N) is 1.